The second-order valence-electron chi connectivity index (χ2n) is 7.02. The molecule has 27 heavy (non-hydrogen) atoms. The topological polar surface area (TPSA) is 41.6 Å². The van der Waals surface area contributed by atoms with E-state index in [-0.39, 0.29) is 11.7 Å². The largest absolute Gasteiger partial charge is 0.494 e. The number of nitrogens with zero attached hydrogens (tertiary/aromatic N) is 1. The van der Waals surface area contributed by atoms with E-state index >= 15 is 0 Å². The number of carbonyl (C=O) groups excluding carboxylic acids is 1. The van der Waals surface area contributed by atoms with E-state index in [4.69, 9.17) is 4.74 Å². The van der Waals surface area contributed by atoms with Crippen LogP contribution in [0.3, 0.4) is 0 Å². The molecule has 0 spiro atoms. The number of fused-ring (bicyclic) bond motifs is 1. The van der Waals surface area contributed by atoms with Crippen molar-refractivity contribution in [3.63, 3.8) is 0 Å². The van der Waals surface area contributed by atoms with Crippen molar-refractivity contribution >= 4 is 11.5 Å². The molecule has 0 radical (unpaired) electrons. The van der Waals surface area contributed by atoms with Gasteiger partial charge in [-0.1, -0.05) is 36.4 Å². The van der Waals surface area contributed by atoms with Crippen LogP contribution in [0.25, 0.3) is 0 Å². The lowest BCUT2D eigenvalue weighted by atomic mass is 9.92. The Morgan fingerprint density at radius 2 is 2.07 bits per heavy atom. The number of hydrogen-bond acceptors (Lipinski definition) is 4. The number of unbranched alkanes of at least 4 members (excludes halogenated alkanes) is 1. The molecule has 0 fully saturated rings. The third-order valence-corrected chi connectivity index (χ3v) is 4.91. The quantitative estimate of drug-likeness (QED) is 0.386. The summed E-state index contributed by atoms with van der Waals surface area (Å²) in [4.78, 5) is 15.1. The van der Waals surface area contributed by atoms with Crippen LogP contribution in [0.5, 0.6) is 5.75 Å². The van der Waals surface area contributed by atoms with E-state index in [1.54, 1.807) is 0 Å². The van der Waals surface area contributed by atoms with E-state index in [1.807, 2.05) is 54.6 Å². The number of carbonyl (C=O) groups is 1. The highest BCUT2D eigenvalue weighted by Gasteiger charge is 2.29. The summed E-state index contributed by atoms with van der Waals surface area (Å²) in [5, 5.41) is 3.34. The molecule has 1 aliphatic heterocycles. The fourth-order valence-electron chi connectivity index (χ4n) is 3.42. The minimum Gasteiger partial charge on any atom is -0.494 e. The summed E-state index contributed by atoms with van der Waals surface area (Å²) in [6.45, 7) is 7.03. The fraction of sp³-hybridized carbons (Fsp3) is 0.348. The summed E-state index contributed by atoms with van der Waals surface area (Å²) in [5.41, 5.74) is 2.82. The van der Waals surface area contributed by atoms with Gasteiger partial charge in [0.25, 0.3) is 0 Å². The molecule has 0 amide bonds. The van der Waals surface area contributed by atoms with Gasteiger partial charge < -0.3 is 15.0 Å². The molecule has 3 rings (SSSR count). The molecule has 0 bridgehead atoms. The molecular formula is C23H28N2O2. The monoisotopic (exact) mass is 364 g/mol. The summed E-state index contributed by atoms with van der Waals surface area (Å²) >= 11 is 0. The van der Waals surface area contributed by atoms with Gasteiger partial charge in [0.2, 0.25) is 0 Å². The fourth-order valence-corrected chi connectivity index (χ4v) is 3.42. The van der Waals surface area contributed by atoms with E-state index in [1.165, 1.54) is 0 Å². The highest BCUT2D eigenvalue weighted by Crippen LogP contribution is 2.36. The van der Waals surface area contributed by atoms with Crippen molar-refractivity contribution in [3.05, 3.63) is 72.3 Å². The lowest BCUT2D eigenvalue weighted by molar-refractivity contribution is 0.0966. The third-order valence-electron chi connectivity index (χ3n) is 4.91. The summed E-state index contributed by atoms with van der Waals surface area (Å²) in [6.07, 6.45) is 4.01. The zero-order chi connectivity index (χ0) is 19.1. The minimum absolute atomic E-state index is 0.154. The van der Waals surface area contributed by atoms with Gasteiger partial charge in [0.05, 0.1) is 12.5 Å². The predicted octanol–water partition coefficient (Wildman–Crippen LogP) is 4.36. The number of Topliss-reactive ketones (excluding diaryl/α,β-unsaturated/α-hetero) is 1. The van der Waals surface area contributed by atoms with Crippen molar-refractivity contribution < 1.29 is 9.53 Å². The van der Waals surface area contributed by atoms with E-state index in [2.05, 4.69) is 23.8 Å². The lowest BCUT2D eigenvalue weighted by Crippen LogP contribution is -2.19. The Kier molecular flexibility index (Phi) is 6.66. The average Bonchev–Trinajstić information content (AvgIpc) is 3.11. The summed E-state index contributed by atoms with van der Waals surface area (Å²) in [6, 6.07) is 15.5. The normalized spacial score (nSPS) is 15.3. The number of ketones is 1. The standard InChI is InChI=1S/C23H28N2O2/c1-3-13-25(2)14-7-8-15-27-19-11-12-22-20(16-19)21(17-24-22)23(26)18-9-5-4-6-10-18/h3-6,9-12,16,21,24H,1,7-8,13-15,17H2,2H3. The van der Waals surface area contributed by atoms with Gasteiger partial charge in [0.15, 0.2) is 5.78 Å². The van der Waals surface area contributed by atoms with Crippen LogP contribution >= 0.6 is 0 Å². The first-order valence-corrected chi connectivity index (χ1v) is 9.58. The van der Waals surface area contributed by atoms with Crippen LogP contribution in [0.15, 0.2) is 61.2 Å². The van der Waals surface area contributed by atoms with Gasteiger partial charge in [0, 0.05) is 24.3 Å². The molecule has 4 nitrogen and oxygen atoms in total. The molecule has 0 aliphatic carbocycles. The Balaban J connectivity index is 1.56. The van der Waals surface area contributed by atoms with Gasteiger partial charge in [-0.15, -0.1) is 6.58 Å². The highest BCUT2D eigenvalue weighted by atomic mass is 16.5. The number of ether oxygens (including phenoxy) is 1. The van der Waals surface area contributed by atoms with Gasteiger partial charge in [-0.3, -0.25) is 4.79 Å². The summed E-state index contributed by atoms with van der Waals surface area (Å²) in [7, 11) is 2.10. The Morgan fingerprint density at radius 1 is 1.26 bits per heavy atom. The van der Waals surface area contributed by atoms with E-state index in [0.29, 0.717) is 13.2 Å². The molecule has 142 valence electrons. The Bertz CT molecular complexity index is 773. The average molecular weight is 364 g/mol. The molecule has 1 unspecified atom stereocenters. The molecule has 2 aromatic rings. The number of benzene rings is 2. The van der Waals surface area contributed by atoms with Crippen LogP contribution in [0.2, 0.25) is 0 Å². The van der Waals surface area contributed by atoms with Gasteiger partial charge in [-0.25, -0.2) is 0 Å². The van der Waals surface area contributed by atoms with Gasteiger partial charge in [-0.2, -0.15) is 0 Å². The maximum absolute atomic E-state index is 12.8. The van der Waals surface area contributed by atoms with Crippen molar-refractivity contribution in [3.8, 4) is 5.75 Å². The maximum Gasteiger partial charge on any atom is 0.172 e. The second-order valence-corrected chi connectivity index (χ2v) is 7.02. The smallest absolute Gasteiger partial charge is 0.172 e. The summed E-state index contributed by atoms with van der Waals surface area (Å²) in [5.74, 6) is 0.838. The molecule has 0 saturated heterocycles. The van der Waals surface area contributed by atoms with Crippen molar-refractivity contribution in [2.24, 2.45) is 0 Å². The molecule has 1 atom stereocenters. The minimum atomic E-state index is -0.154. The van der Waals surface area contributed by atoms with Crippen LogP contribution in [0, 0.1) is 0 Å². The van der Waals surface area contributed by atoms with E-state index < -0.39 is 0 Å². The Morgan fingerprint density at radius 3 is 2.85 bits per heavy atom. The van der Waals surface area contributed by atoms with Crippen molar-refractivity contribution in [2.75, 3.05) is 38.6 Å². The first kappa shape index (κ1) is 19.2. The highest BCUT2D eigenvalue weighted by molar-refractivity contribution is 6.03. The number of likely N-dealkylation sites (N-methyl/N-ethyl adjacent to an activating group) is 1. The van der Waals surface area contributed by atoms with Crippen LogP contribution in [0.1, 0.15) is 34.7 Å². The molecule has 0 aromatic heterocycles. The zero-order valence-corrected chi connectivity index (χ0v) is 16.0. The second kappa shape index (κ2) is 9.38. The SMILES string of the molecule is C=CCN(C)CCCCOc1ccc2c(c1)C(C(=O)c1ccccc1)CN2. The van der Waals surface area contributed by atoms with Crippen molar-refractivity contribution in [1.29, 1.82) is 0 Å². The molecular weight excluding hydrogens is 336 g/mol. The zero-order valence-electron chi connectivity index (χ0n) is 16.0. The Hall–Kier alpha value is -2.59. The van der Waals surface area contributed by atoms with E-state index in [0.717, 1.165) is 48.5 Å². The maximum atomic E-state index is 12.8. The molecule has 4 heteroatoms. The first-order valence-electron chi connectivity index (χ1n) is 9.58. The van der Waals surface area contributed by atoms with Crippen molar-refractivity contribution in [1.82, 2.24) is 4.90 Å². The number of nitrogens with one attached hydrogen (secondary N) is 1. The van der Waals surface area contributed by atoms with Crippen LogP contribution in [-0.2, 0) is 0 Å². The number of hydrogen-bond donors (Lipinski definition) is 1. The Labute approximate surface area is 161 Å². The molecule has 1 aliphatic rings. The molecule has 1 N–H and O–H groups in total. The van der Waals surface area contributed by atoms with Crippen molar-refractivity contribution in [2.45, 2.75) is 18.8 Å². The molecule has 2 aromatic carbocycles. The van der Waals surface area contributed by atoms with Crippen LogP contribution in [-0.4, -0.2) is 44.0 Å². The lowest BCUT2D eigenvalue weighted by Gasteiger charge is -2.14. The van der Waals surface area contributed by atoms with Crippen LogP contribution in [0.4, 0.5) is 5.69 Å². The predicted molar refractivity (Wildman–Crippen MR) is 111 cm³/mol. The van der Waals surface area contributed by atoms with E-state index in [9.17, 15) is 4.79 Å². The summed E-state index contributed by atoms with van der Waals surface area (Å²) < 4.78 is 5.93. The van der Waals surface area contributed by atoms with Gasteiger partial charge in [-0.05, 0) is 50.2 Å². The van der Waals surface area contributed by atoms with Crippen LogP contribution < -0.4 is 10.1 Å². The molecule has 0 saturated carbocycles. The van der Waals surface area contributed by atoms with Gasteiger partial charge in [0.1, 0.15) is 5.75 Å². The number of anilines is 1. The first-order chi connectivity index (χ1) is 13.2. The van der Waals surface area contributed by atoms with Gasteiger partial charge >= 0.3 is 0 Å². The number of rotatable bonds is 10. The third kappa shape index (κ3) is 4.98. The molecule has 1 heterocycles.